The van der Waals surface area contributed by atoms with Gasteiger partial charge in [-0.2, -0.15) is 0 Å². The fourth-order valence-electron chi connectivity index (χ4n) is 2.82. The molecule has 0 spiro atoms. The van der Waals surface area contributed by atoms with Gasteiger partial charge in [-0.15, -0.1) is 0 Å². The van der Waals surface area contributed by atoms with E-state index >= 15 is 0 Å². The van der Waals surface area contributed by atoms with Crippen molar-refractivity contribution in [1.29, 1.82) is 0 Å². The van der Waals surface area contributed by atoms with Crippen LogP contribution in [0.1, 0.15) is 15.9 Å². The molecule has 2 N–H and O–H groups in total. The smallest absolute Gasteiger partial charge is 0.254 e. The van der Waals surface area contributed by atoms with Crippen molar-refractivity contribution in [3.05, 3.63) is 89.0 Å². The van der Waals surface area contributed by atoms with Crippen LogP contribution in [-0.2, 0) is 6.54 Å². The fraction of sp³-hybridized carbons (Fsp3) is 0.0500. The maximum atomic E-state index is 12.2. The Morgan fingerprint density at radius 1 is 1.08 bits per heavy atom. The van der Waals surface area contributed by atoms with Gasteiger partial charge in [0.15, 0.2) is 0 Å². The minimum Gasteiger partial charge on any atom is -0.352 e. The van der Waals surface area contributed by atoms with Crippen LogP contribution in [0.2, 0.25) is 0 Å². The van der Waals surface area contributed by atoms with E-state index in [0.29, 0.717) is 16.7 Å². The molecule has 5 nitrogen and oxygen atoms in total. The van der Waals surface area contributed by atoms with Crippen LogP contribution in [0.3, 0.4) is 0 Å². The van der Waals surface area contributed by atoms with Gasteiger partial charge >= 0.3 is 0 Å². The highest BCUT2D eigenvalue weighted by atomic mass is 32.1. The topological polar surface area (TPSA) is 62.7 Å². The van der Waals surface area contributed by atoms with Gasteiger partial charge in [0.25, 0.3) is 5.91 Å². The van der Waals surface area contributed by atoms with Crippen molar-refractivity contribution in [1.82, 2.24) is 19.9 Å². The van der Waals surface area contributed by atoms with Gasteiger partial charge in [-0.05, 0) is 42.0 Å². The van der Waals surface area contributed by atoms with Crippen molar-refractivity contribution in [3.63, 3.8) is 0 Å². The Labute approximate surface area is 155 Å². The van der Waals surface area contributed by atoms with Crippen molar-refractivity contribution in [3.8, 4) is 5.69 Å². The molecule has 0 fully saturated rings. The lowest BCUT2D eigenvalue weighted by molar-refractivity contribution is 0.0950. The number of amides is 1. The predicted molar refractivity (Wildman–Crippen MR) is 104 cm³/mol. The Kier molecular flexibility index (Phi) is 4.33. The normalized spacial score (nSPS) is 10.8. The molecule has 0 unspecified atom stereocenters. The van der Waals surface area contributed by atoms with Gasteiger partial charge in [0.1, 0.15) is 11.0 Å². The third-order valence-corrected chi connectivity index (χ3v) is 4.52. The predicted octanol–water partition coefficient (Wildman–Crippen LogP) is 4.01. The summed E-state index contributed by atoms with van der Waals surface area (Å²) in [7, 11) is 0. The summed E-state index contributed by atoms with van der Waals surface area (Å²) in [5, 5.41) is 2.90. The molecule has 4 rings (SSSR count). The molecule has 2 heterocycles. The number of hydrogen-bond acceptors (Lipinski definition) is 3. The Hall–Kier alpha value is -3.25. The van der Waals surface area contributed by atoms with E-state index in [1.165, 1.54) is 0 Å². The molecule has 6 heteroatoms. The average molecular weight is 360 g/mol. The third-order valence-electron chi connectivity index (χ3n) is 4.18. The second-order valence-electron chi connectivity index (χ2n) is 5.87. The standard InChI is InChI=1S/C20H16N4OS/c25-19(16-4-3-11-21-20(16)26)22-12-14-7-9-15(10-8-14)24-13-23-17-5-1-2-6-18(17)24/h1-11,13H,12H2,(H,21,26)(H,22,25). The summed E-state index contributed by atoms with van der Waals surface area (Å²) in [6.45, 7) is 0.438. The maximum absolute atomic E-state index is 12.2. The number of fused-ring (bicyclic) bond motifs is 1. The van der Waals surface area contributed by atoms with Crippen LogP contribution < -0.4 is 5.32 Å². The number of H-pyrrole nitrogens is 1. The molecule has 4 aromatic rings. The van der Waals surface area contributed by atoms with Gasteiger partial charge < -0.3 is 10.3 Å². The third kappa shape index (κ3) is 3.14. The Balaban J connectivity index is 1.49. The lowest BCUT2D eigenvalue weighted by Crippen LogP contribution is -2.23. The zero-order valence-corrected chi connectivity index (χ0v) is 14.7. The molecule has 0 radical (unpaired) electrons. The van der Waals surface area contributed by atoms with Crippen LogP contribution in [0, 0.1) is 4.64 Å². The number of pyridine rings is 1. The molecular weight excluding hydrogens is 344 g/mol. The van der Waals surface area contributed by atoms with E-state index in [-0.39, 0.29) is 5.91 Å². The van der Waals surface area contributed by atoms with Crippen molar-refractivity contribution in [2.45, 2.75) is 6.54 Å². The first kappa shape index (κ1) is 16.2. The van der Waals surface area contributed by atoms with E-state index in [1.54, 1.807) is 18.3 Å². The number of carbonyl (C=O) groups excluding carboxylic acids is 1. The maximum Gasteiger partial charge on any atom is 0.254 e. The SMILES string of the molecule is O=C(NCc1ccc(-n2cnc3ccccc32)cc1)c1ccc[nH]c1=S. The number of carbonyl (C=O) groups is 1. The highest BCUT2D eigenvalue weighted by Gasteiger charge is 2.07. The van der Waals surface area contributed by atoms with E-state index in [0.717, 1.165) is 22.3 Å². The molecular formula is C20H16N4OS. The summed E-state index contributed by atoms with van der Waals surface area (Å²) in [5.41, 5.74) is 4.54. The number of benzene rings is 2. The number of nitrogens with zero attached hydrogens (tertiary/aromatic N) is 2. The quantitative estimate of drug-likeness (QED) is 0.541. The van der Waals surface area contributed by atoms with Crippen LogP contribution >= 0.6 is 12.2 Å². The average Bonchev–Trinajstić information content (AvgIpc) is 3.11. The first-order valence-corrected chi connectivity index (χ1v) is 8.60. The molecule has 1 amide bonds. The number of aromatic nitrogens is 3. The van der Waals surface area contributed by atoms with Crippen LogP contribution in [0.5, 0.6) is 0 Å². The molecule has 0 atom stereocenters. The lowest BCUT2D eigenvalue weighted by atomic mass is 10.2. The number of nitrogens with one attached hydrogen (secondary N) is 2. The van der Waals surface area contributed by atoms with E-state index in [2.05, 4.69) is 15.3 Å². The summed E-state index contributed by atoms with van der Waals surface area (Å²) in [6.07, 6.45) is 3.52. The summed E-state index contributed by atoms with van der Waals surface area (Å²) in [5.74, 6) is -0.184. The Morgan fingerprint density at radius 3 is 2.69 bits per heavy atom. The summed E-state index contributed by atoms with van der Waals surface area (Å²) in [4.78, 5) is 19.5. The molecule has 0 saturated heterocycles. The van der Waals surface area contributed by atoms with E-state index in [1.807, 2.05) is 59.4 Å². The van der Waals surface area contributed by atoms with Gasteiger partial charge in [0.05, 0.1) is 16.6 Å². The van der Waals surface area contributed by atoms with E-state index in [9.17, 15) is 4.79 Å². The minimum atomic E-state index is -0.184. The van der Waals surface area contributed by atoms with Gasteiger partial charge in [-0.1, -0.05) is 36.5 Å². The minimum absolute atomic E-state index is 0.184. The van der Waals surface area contributed by atoms with Crippen LogP contribution in [0.25, 0.3) is 16.7 Å². The Morgan fingerprint density at radius 2 is 1.88 bits per heavy atom. The molecule has 2 aromatic heterocycles. The summed E-state index contributed by atoms with van der Waals surface area (Å²) in [6, 6.07) is 19.5. The summed E-state index contributed by atoms with van der Waals surface area (Å²) < 4.78 is 2.48. The fourth-order valence-corrected chi connectivity index (χ4v) is 3.05. The van der Waals surface area contributed by atoms with Gasteiger partial charge in [0.2, 0.25) is 0 Å². The van der Waals surface area contributed by atoms with E-state index < -0.39 is 0 Å². The summed E-state index contributed by atoms with van der Waals surface area (Å²) >= 11 is 5.14. The molecule has 26 heavy (non-hydrogen) atoms. The first-order chi connectivity index (χ1) is 12.7. The number of para-hydroxylation sites is 2. The molecule has 0 aliphatic carbocycles. The van der Waals surface area contributed by atoms with Crippen molar-refractivity contribution >= 4 is 29.2 Å². The number of rotatable bonds is 4. The zero-order chi connectivity index (χ0) is 17.9. The molecule has 2 aromatic carbocycles. The number of aromatic amines is 1. The molecule has 0 aliphatic rings. The largest absolute Gasteiger partial charge is 0.352 e. The number of imidazole rings is 1. The number of hydrogen-bond donors (Lipinski definition) is 2. The van der Waals surface area contributed by atoms with E-state index in [4.69, 9.17) is 12.2 Å². The van der Waals surface area contributed by atoms with Crippen LogP contribution in [0.4, 0.5) is 0 Å². The molecule has 0 saturated carbocycles. The lowest BCUT2D eigenvalue weighted by Gasteiger charge is -2.08. The second-order valence-corrected chi connectivity index (χ2v) is 6.27. The van der Waals surface area contributed by atoms with Gasteiger partial charge in [0, 0.05) is 18.4 Å². The van der Waals surface area contributed by atoms with Crippen molar-refractivity contribution < 1.29 is 4.79 Å². The highest BCUT2D eigenvalue weighted by molar-refractivity contribution is 7.71. The molecule has 0 bridgehead atoms. The molecule has 128 valence electrons. The highest BCUT2D eigenvalue weighted by Crippen LogP contribution is 2.18. The van der Waals surface area contributed by atoms with Gasteiger partial charge in [-0.3, -0.25) is 9.36 Å². The second kappa shape index (κ2) is 6.93. The monoisotopic (exact) mass is 360 g/mol. The van der Waals surface area contributed by atoms with Crippen LogP contribution in [-0.4, -0.2) is 20.4 Å². The van der Waals surface area contributed by atoms with Crippen molar-refractivity contribution in [2.75, 3.05) is 0 Å². The van der Waals surface area contributed by atoms with Crippen LogP contribution in [0.15, 0.2) is 73.2 Å². The first-order valence-electron chi connectivity index (χ1n) is 8.20. The van der Waals surface area contributed by atoms with Gasteiger partial charge in [-0.25, -0.2) is 4.98 Å². The Bertz CT molecular complexity index is 1130. The van der Waals surface area contributed by atoms with Crippen molar-refractivity contribution in [2.24, 2.45) is 0 Å². The zero-order valence-electron chi connectivity index (χ0n) is 13.8. The molecule has 0 aliphatic heterocycles.